The number of hydrogen-bond donors (Lipinski definition) is 4. The normalized spacial score (nSPS) is 12.6. The number of hydrogen-bond acceptors (Lipinski definition) is 7. The monoisotopic (exact) mass is 358 g/mol. The quantitative estimate of drug-likeness (QED) is 0.307. The molecular formula is C16H23BN6O3. The van der Waals surface area contributed by atoms with Gasteiger partial charge in [-0.25, -0.2) is 4.68 Å². The Hall–Kier alpha value is -2.27. The average molecular weight is 358 g/mol. The Morgan fingerprint density at radius 2 is 2.12 bits per heavy atom. The third-order valence-corrected chi connectivity index (χ3v) is 4.34. The van der Waals surface area contributed by atoms with E-state index in [0.717, 1.165) is 18.4 Å². The van der Waals surface area contributed by atoms with Gasteiger partial charge in [0, 0.05) is 30.3 Å². The zero-order chi connectivity index (χ0) is 18.4. The van der Waals surface area contributed by atoms with Gasteiger partial charge in [0.2, 0.25) is 0 Å². The number of aromatic amines is 1. The Balaban J connectivity index is 1.53. The van der Waals surface area contributed by atoms with Gasteiger partial charge in [-0.05, 0) is 47.7 Å². The highest BCUT2D eigenvalue weighted by Crippen LogP contribution is 2.19. The third-order valence-electron chi connectivity index (χ3n) is 4.34. The molecule has 1 aromatic carbocycles. The highest BCUT2D eigenvalue weighted by molar-refractivity contribution is 6.32. The fourth-order valence-corrected chi connectivity index (χ4v) is 2.99. The summed E-state index contributed by atoms with van der Waals surface area (Å²) in [5.41, 5.74) is 8.55. The first-order chi connectivity index (χ1) is 12.6. The summed E-state index contributed by atoms with van der Waals surface area (Å²) in [6.45, 7) is 0.924. The van der Waals surface area contributed by atoms with Crippen LogP contribution in [0.25, 0.3) is 10.9 Å². The van der Waals surface area contributed by atoms with E-state index in [0.29, 0.717) is 25.2 Å². The number of unbranched alkanes of at least 4 members (excludes halogenated alkanes) is 1. The van der Waals surface area contributed by atoms with Gasteiger partial charge in [-0.15, -0.1) is 5.10 Å². The second-order valence-corrected chi connectivity index (χ2v) is 6.17. The lowest BCUT2D eigenvalue weighted by atomic mass is 10.1. The Morgan fingerprint density at radius 1 is 1.27 bits per heavy atom. The Labute approximate surface area is 151 Å². The summed E-state index contributed by atoms with van der Waals surface area (Å²) in [7, 11) is -1.72. The molecule has 0 fully saturated rings. The summed E-state index contributed by atoms with van der Waals surface area (Å²) in [5.74, 6) is 0.660. The van der Waals surface area contributed by atoms with Gasteiger partial charge in [-0.2, -0.15) is 0 Å². The van der Waals surface area contributed by atoms with Crippen LogP contribution < -0.4 is 5.73 Å². The molecular weight excluding hydrogens is 335 g/mol. The maximum atomic E-state index is 8.63. The van der Waals surface area contributed by atoms with Gasteiger partial charge < -0.3 is 25.4 Å². The molecule has 0 amide bonds. The van der Waals surface area contributed by atoms with Crippen LogP contribution in [-0.2, 0) is 17.6 Å². The average Bonchev–Trinajstić information content (AvgIpc) is 3.26. The highest BCUT2D eigenvalue weighted by Gasteiger charge is 2.15. The molecule has 0 spiro atoms. The van der Waals surface area contributed by atoms with E-state index in [1.165, 1.54) is 10.9 Å². The Bertz CT molecular complexity index is 821. The van der Waals surface area contributed by atoms with E-state index < -0.39 is 7.32 Å². The number of nitrogens with two attached hydrogens (primary N) is 1. The van der Waals surface area contributed by atoms with E-state index in [9.17, 15) is 0 Å². The first-order valence-corrected chi connectivity index (χ1v) is 8.69. The van der Waals surface area contributed by atoms with E-state index in [2.05, 4.69) is 37.3 Å². The molecule has 26 heavy (non-hydrogen) atoms. The number of benzene rings is 1. The van der Waals surface area contributed by atoms with Crippen LogP contribution in [0.4, 0.5) is 0 Å². The Kier molecular flexibility index (Phi) is 6.34. The van der Waals surface area contributed by atoms with Crippen molar-refractivity contribution < 1.29 is 14.7 Å². The number of aromatic nitrogens is 5. The maximum Gasteiger partial charge on any atom is 0.633 e. The van der Waals surface area contributed by atoms with Crippen molar-refractivity contribution in [3.8, 4) is 0 Å². The van der Waals surface area contributed by atoms with Crippen molar-refractivity contribution >= 4 is 18.2 Å². The van der Waals surface area contributed by atoms with Crippen LogP contribution in [0.1, 0.15) is 36.7 Å². The molecule has 138 valence electrons. The molecule has 0 aliphatic carbocycles. The molecule has 9 nitrogen and oxygen atoms in total. The van der Waals surface area contributed by atoms with E-state index in [1.54, 1.807) is 4.68 Å². The molecule has 3 aromatic rings. The van der Waals surface area contributed by atoms with E-state index in [-0.39, 0.29) is 12.6 Å². The molecule has 0 aliphatic rings. The molecule has 0 bridgehead atoms. The lowest BCUT2D eigenvalue weighted by Gasteiger charge is -2.11. The van der Waals surface area contributed by atoms with Crippen LogP contribution in [-0.4, -0.2) is 49.2 Å². The van der Waals surface area contributed by atoms with Gasteiger partial charge in [0.25, 0.3) is 0 Å². The Morgan fingerprint density at radius 3 is 2.96 bits per heavy atom. The van der Waals surface area contributed by atoms with Crippen LogP contribution in [0.15, 0.2) is 30.5 Å². The lowest BCUT2D eigenvalue weighted by Crippen LogP contribution is -2.19. The number of rotatable bonds is 10. The first kappa shape index (κ1) is 18.5. The van der Waals surface area contributed by atoms with Gasteiger partial charge in [-0.3, -0.25) is 0 Å². The lowest BCUT2D eigenvalue weighted by molar-refractivity contribution is 0.181. The molecule has 0 aliphatic heterocycles. The summed E-state index contributed by atoms with van der Waals surface area (Å²) >= 11 is 0. The topological polar surface area (TPSA) is 135 Å². The molecule has 10 heteroatoms. The van der Waals surface area contributed by atoms with Crippen LogP contribution in [0, 0.1) is 0 Å². The smallest absolute Gasteiger partial charge is 0.402 e. The minimum atomic E-state index is -1.72. The van der Waals surface area contributed by atoms with Crippen LogP contribution in [0.3, 0.4) is 0 Å². The molecule has 1 unspecified atom stereocenters. The molecule has 5 N–H and O–H groups in total. The molecule has 0 radical (unpaired) electrons. The van der Waals surface area contributed by atoms with Crippen molar-refractivity contribution in [2.24, 2.45) is 5.73 Å². The minimum absolute atomic E-state index is 0.271. The van der Waals surface area contributed by atoms with Crippen molar-refractivity contribution in [3.05, 3.63) is 41.9 Å². The molecule has 2 heterocycles. The minimum Gasteiger partial charge on any atom is -0.402 e. The van der Waals surface area contributed by atoms with Crippen molar-refractivity contribution in [2.75, 3.05) is 6.61 Å². The summed E-state index contributed by atoms with van der Waals surface area (Å²) in [4.78, 5) is 3.27. The van der Waals surface area contributed by atoms with Gasteiger partial charge in [0.15, 0.2) is 5.82 Å². The van der Waals surface area contributed by atoms with E-state index in [4.69, 9.17) is 15.8 Å². The van der Waals surface area contributed by atoms with Crippen molar-refractivity contribution in [3.63, 3.8) is 0 Å². The molecule has 1 atom stereocenters. The van der Waals surface area contributed by atoms with Crippen LogP contribution in [0.5, 0.6) is 0 Å². The van der Waals surface area contributed by atoms with Gasteiger partial charge in [0.1, 0.15) is 0 Å². The second-order valence-electron chi connectivity index (χ2n) is 6.17. The molecule has 2 aromatic heterocycles. The predicted molar refractivity (Wildman–Crippen MR) is 96.7 cm³/mol. The van der Waals surface area contributed by atoms with Crippen molar-refractivity contribution in [2.45, 2.75) is 38.3 Å². The molecule has 0 saturated heterocycles. The first-order valence-electron chi connectivity index (χ1n) is 8.69. The van der Waals surface area contributed by atoms with Gasteiger partial charge >= 0.3 is 7.32 Å². The SMILES string of the molecule is NC(CCCCOB(O)O)c1nnnn1CCc1c[nH]c2ccccc12. The number of nitrogens with zero attached hydrogens (tertiary/aromatic N) is 4. The van der Waals surface area contributed by atoms with Crippen LogP contribution in [0.2, 0.25) is 0 Å². The number of aryl methyl sites for hydroxylation is 2. The fraction of sp³-hybridized carbons (Fsp3) is 0.438. The molecule has 0 saturated carbocycles. The number of nitrogens with one attached hydrogen (secondary N) is 1. The standard InChI is InChI=1S/C16H23BN6O3/c18-14(6-3-4-10-26-17(24)25)16-20-21-22-23(16)9-8-12-11-19-15-7-2-1-5-13(12)15/h1-2,5,7,11,14,19,24-25H,3-4,6,8-10,18H2. The predicted octanol–water partition coefficient (Wildman–Crippen LogP) is 0.553. The maximum absolute atomic E-state index is 8.63. The number of fused-ring (bicyclic) bond motifs is 1. The summed E-state index contributed by atoms with van der Waals surface area (Å²) < 4.78 is 6.43. The molecule has 3 rings (SSSR count). The fourth-order valence-electron chi connectivity index (χ4n) is 2.99. The van der Waals surface area contributed by atoms with E-state index in [1.807, 2.05) is 18.3 Å². The summed E-state index contributed by atoms with van der Waals surface area (Å²) in [5, 5.41) is 30.3. The van der Waals surface area contributed by atoms with E-state index >= 15 is 0 Å². The van der Waals surface area contributed by atoms with Gasteiger partial charge in [0.05, 0.1) is 6.04 Å². The number of H-pyrrole nitrogens is 1. The zero-order valence-electron chi connectivity index (χ0n) is 14.5. The van der Waals surface area contributed by atoms with Crippen molar-refractivity contribution in [1.29, 1.82) is 0 Å². The van der Waals surface area contributed by atoms with Crippen molar-refractivity contribution in [1.82, 2.24) is 25.2 Å². The largest absolute Gasteiger partial charge is 0.633 e. The zero-order valence-corrected chi connectivity index (χ0v) is 14.5. The summed E-state index contributed by atoms with van der Waals surface area (Å²) in [6.07, 6.45) is 4.98. The third kappa shape index (κ3) is 4.67. The summed E-state index contributed by atoms with van der Waals surface area (Å²) in [6, 6.07) is 7.91. The number of tetrazole rings is 1. The highest BCUT2D eigenvalue weighted by atomic mass is 16.6. The number of para-hydroxylation sites is 1. The van der Waals surface area contributed by atoms with Crippen LogP contribution >= 0.6 is 0 Å². The van der Waals surface area contributed by atoms with Gasteiger partial charge in [-0.1, -0.05) is 18.2 Å². The second kappa shape index (κ2) is 8.90.